The van der Waals surface area contributed by atoms with E-state index in [0.717, 1.165) is 22.2 Å². The number of ether oxygens (including phenoxy) is 2. The molecule has 1 aromatic rings. The van der Waals surface area contributed by atoms with Crippen LogP contribution in [0.4, 0.5) is 8.78 Å². The van der Waals surface area contributed by atoms with E-state index in [9.17, 15) is 8.78 Å². The SMILES string of the molecule is CNC(CCOCC(F)F)Cc1cc(Br)ccc1OC. The van der Waals surface area contributed by atoms with Crippen LogP contribution < -0.4 is 10.1 Å². The Morgan fingerprint density at radius 2 is 2.10 bits per heavy atom. The zero-order chi connectivity index (χ0) is 15.0. The summed E-state index contributed by atoms with van der Waals surface area (Å²) in [6.45, 7) is -0.192. The number of benzene rings is 1. The lowest BCUT2D eigenvalue weighted by molar-refractivity contribution is 0.0146. The van der Waals surface area contributed by atoms with E-state index >= 15 is 0 Å². The van der Waals surface area contributed by atoms with E-state index in [4.69, 9.17) is 9.47 Å². The molecule has 0 aliphatic heterocycles. The minimum absolute atomic E-state index is 0.149. The summed E-state index contributed by atoms with van der Waals surface area (Å²) in [5.74, 6) is 0.821. The molecule has 1 unspecified atom stereocenters. The van der Waals surface area contributed by atoms with Gasteiger partial charge in [0.2, 0.25) is 0 Å². The second kappa shape index (κ2) is 9.26. The number of halogens is 3. The Hall–Kier alpha value is -0.720. The largest absolute Gasteiger partial charge is 0.496 e. The van der Waals surface area contributed by atoms with Crippen molar-refractivity contribution in [2.75, 3.05) is 27.4 Å². The summed E-state index contributed by atoms with van der Waals surface area (Å²) in [7, 11) is 3.48. The fourth-order valence-electron chi connectivity index (χ4n) is 1.92. The van der Waals surface area contributed by atoms with Gasteiger partial charge in [0, 0.05) is 17.1 Å². The van der Waals surface area contributed by atoms with Crippen molar-refractivity contribution in [2.24, 2.45) is 0 Å². The fraction of sp³-hybridized carbons (Fsp3) is 0.571. The first-order valence-corrected chi connectivity index (χ1v) is 7.21. The first-order chi connectivity index (χ1) is 9.56. The molecule has 0 aliphatic carbocycles. The molecule has 1 aromatic carbocycles. The molecular formula is C14H20BrF2NO2. The van der Waals surface area contributed by atoms with Gasteiger partial charge in [-0.05, 0) is 43.7 Å². The number of likely N-dealkylation sites (N-methyl/N-ethyl adjacent to an activating group) is 1. The van der Waals surface area contributed by atoms with Gasteiger partial charge in [0.05, 0.1) is 7.11 Å². The zero-order valence-electron chi connectivity index (χ0n) is 11.7. The van der Waals surface area contributed by atoms with Crippen molar-refractivity contribution in [1.82, 2.24) is 5.32 Å². The molecule has 1 rings (SSSR count). The maximum atomic E-state index is 12.0. The van der Waals surface area contributed by atoms with Gasteiger partial charge in [-0.1, -0.05) is 15.9 Å². The van der Waals surface area contributed by atoms with Gasteiger partial charge in [0.25, 0.3) is 6.43 Å². The molecule has 0 saturated heterocycles. The highest BCUT2D eigenvalue weighted by Gasteiger charge is 2.12. The summed E-state index contributed by atoms with van der Waals surface area (Å²) in [5.41, 5.74) is 1.06. The lowest BCUT2D eigenvalue weighted by Crippen LogP contribution is -2.29. The molecule has 1 N–H and O–H groups in total. The fourth-order valence-corrected chi connectivity index (χ4v) is 2.33. The average molecular weight is 352 g/mol. The standard InChI is InChI=1S/C14H20BrF2NO2/c1-18-12(5-6-20-9-14(16)17)8-10-7-11(15)3-4-13(10)19-2/h3-4,7,12,14,18H,5-6,8-9H2,1-2H3. The molecule has 0 bridgehead atoms. The molecule has 0 heterocycles. The van der Waals surface area contributed by atoms with Crippen LogP contribution in [0, 0.1) is 0 Å². The quantitative estimate of drug-likeness (QED) is 0.692. The Labute approximate surface area is 126 Å². The Morgan fingerprint density at radius 3 is 2.70 bits per heavy atom. The van der Waals surface area contributed by atoms with Crippen LogP contribution in [-0.2, 0) is 11.2 Å². The second-order valence-corrected chi connectivity index (χ2v) is 5.32. The molecule has 0 radical (unpaired) electrons. The Morgan fingerprint density at radius 1 is 1.35 bits per heavy atom. The van der Waals surface area contributed by atoms with Crippen LogP contribution in [0.1, 0.15) is 12.0 Å². The number of alkyl halides is 2. The smallest absolute Gasteiger partial charge is 0.261 e. The predicted octanol–water partition coefficient (Wildman–Crippen LogP) is 3.26. The van der Waals surface area contributed by atoms with Gasteiger partial charge in [0.1, 0.15) is 12.4 Å². The molecule has 6 heteroatoms. The number of rotatable bonds is 9. The van der Waals surface area contributed by atoms with Gasteiger partial charge in [0.15, 0.2) is 0 Å². The molecule has 0 spiro atoms. The van der Waals surface area contributed by atoms with E-state index in [0.29, 0.717) is 13.0 Å². The topological polar surface area (TPSA) is 30.5 Å². The summed E-state index contributed by atoms with van der Waals surface area (Å²) in [4.78, 5) is 0. The predicted molar refractivity (Wildman–Crippen MR) is 78.7 cm³/mol. The minimum atomic E-state index is -2.41. The lowest BCUT2D eigenvalue weighted by Gasteiger charge is -2.18. The van der Waals surface area contributed by atoms with Crippen LogP contribution >= 0.6 is 15.9 Å². The molecule has 0 aliphatic rings. The first-order valence-electron chi connectivity index (χ1n) is 6.42. The van der Waals surface area contributed by atoms with E-state index in [-0.39, 0.29) is 6.04 Å². The number of methoxy groups -OCH3 is 1. The van der Waals surface area contributed by atoms with Crippen LogP contribution in [0.15, 0.2) is 22.7 Å². The van der Waals surface area contributed by atoms with E-state index < -0.39 is 13.0 Å². The molecule has 0 saturated carbocycles. The normalized spacial score (nSPS) is 12.7. The van der Waals surface area contributed by atoms with Crippen LogP contribution in [0.2, 0.25) is 0 Å². The third-order valence-electron chi connectivity index (χ3n) is 2.97. The van der Waals surface area contributed by atoms with Gasteiger partial charge >= 0.3 is 0 Å². The van der Waals surface area contributed by atoms with Crippen molar-refractivity contribution in [3.8, 4) is 5.75 Å². The molecule has 3 nitrogen and oxygen atoms in total. The van der Waals surface area contributed by atoms with Crippen LogP contribution in [0.5, 0.6) is 5.75 Å². The van der Waals surface area contributed by atoms with Gasteiger partial charge in [-0.3, -0.25) is 0 Å². The van der Waals surface area contributed by atoms with E-state index in [1.54, 1.807) is 7.11 Å². The highest BCUT2D eigenvalue weighted by atomic mass is 79.9. The summed E-state index contributed by atoms with van der Waals surface area (Å²) in [5, 5.41) is 3.17. The molecule has 0 aromatic heterocycles. The molecule has 1 atom stereocenters. The molecule has 0 fully saturated rings. The van der Waals surface area contributed by atoms with Gasteiger partial charge in [-0.25, -0.2) is 8.78 Å². The monoisotopic (exact) mass is 351 g/mol. The third-order valence-corrected chi connectivity index (χ3v) is 3.46. The Kier molecular flexibility index (Phi) is 8.02. The van der Waals surface area contributed by atoms with E-state index in [1.165, 1.54) is 0 Å². The second-order valence-electron chi connectivity index (χ2n) is 4.40. The highest BCUT2D eigenvalue weighted by molar-refractivity contribution is 9.10. The van der Waals surface area contributed by atoms with Crippen LogP contribution in [0.3, 0.4) is 0 Å². The molecule has 20 heavy (non-hydrogen) atoms. The van der Waals surface area contributed by atoms with Crippen molar-refractivity contribution in [2.45, 2.75) is 25.3 Å². The first kappa shape index (κ1) is 17.3. The summed E-state index contributed by atoms with van der Waals surface area (Å²) >= 11 is 3.43. The van der Waals surface area contributed by atoms with Gasteiger partial charge < -0.3 is 14.8 Å². The molecule has 0 amide bonds. The van der Waals surface area contributed by atoms with Crippen molar-refractivity contribution in [1.29, 1.82) is 0 Å². The van der Waals surface area contributed by atoms with Crippen molar-refractivity contribution in [3.05, 3.63) is 28.2 Å². The average Bonchev–Trinajstić information content (AvgIpc) is 2.42. The van der Waals surface area contributed by atoms with Crippen molar-refractivity contribution >= 4 is 15.9 Å². The van der Waals surface area contributed by atoms with Gasteiger partial charge in [-0.2, -0.15) is 0 Å². The maximum absolute atomic E-state index is 12.0. The van der Waals surface area contributed by atoms with Crippen LogP contribution in [0.25, 0.3) is 0 Å². The number of hydrogen-bond donors (Lipinski definition) is 1. The molecular weight excluding hydrogens is 332 g/mol. The third kappa shape index (κ3) is 6.15. The number of hydrogen-bond acceptors (Lipinski definition) is 3. The number of nitrogens with one attached hydrogen (secondary N) is 1. The molecule has 114 valence electrons. The van der Waals surface area contributed by atoms with Crippen molar-refractivity contribution in [3.63, 3.8) is 0 Å². The zero-order valence-corrected chi connectivity index (χ0v) is 13.3. The highest BCUT2D eigenvalue weighted by Crippen LogP contribution is 2.24. The van der Waals surface area contributed by atoms with Crippen LogP contribution in [-0.4, -0.2) is 39.8 Å². The summed E-state index contributed by atoms with van der Waals surface area (Å²) < 4.78 is 35.2. The summed E-state index contributed by atoms with van der Waals surface area (Å²) in [6, 6.07) is 5.97. The Balaban J connectivity index is 2.53. The van der Waals surface area contributed by atoms with E-state index in [1.807, 2.05) is 25.2 Å². The lowest BCUT2D eigenvalue weighted by atomic mass is 10.0. The van der Waals surface area contributed by atoms with Gasteiger partial charge in [-0.15, -0.1) is 0 Å². The van der Waals surface area contributed by atoms with Crippen molar-refractivity contribution < 1.29 is 18.3 Å². The minimum Gasteiger partial charge on any atom is -0.496 e. The summed E-state index contributed by atoms with van der Waals surface area (Å²) in [6.07, 6.45) is -0.996. The van der Waals surface area contributed by atoms with E-state index in [2.05, 4.69) is 21.2 Å². The Bertz CT molecular complexity index is 405. The maximum Gasteiger partial charge on any atom is 0.261 e.